The normalized spacial score (nSPS) is 17.0. The van der Waals surface area contributed by atoms with Crippen LogP contribution in [0.25, 0.3) is 0 Å². The van der Waals surface area contributed by atoms with Crippen LogP contribution in [-0.4, -0.2) is 50.8 Å². The van der Waals surface area contributed by atoms with Crippen molar-refractivity contribution in [1.29, 1.82) is 0 Å². The molecule has 1 unspecified atom stereocenters. The molecule has 25 heavy (non-hydrogen) atoms. The van der Waals surface area contributed by atoms with Gasteiger partial charge in [0.25, 0.3) is 0 Å². The van der Waals surface area contributed by atoms with Crippen molar-refractivity contribution in [1.82, 2.24) is 10.6 Å². The maximum Gasteiger partial charge on any atom is 0.191 e. The van der Waals surface area contributed by atoms with Crippen LogP contribution in [0.5, 0.6) is 5.75 Å². The molecule has 1 aliphatic heterocycles. The van der Waals surface area contributed by atoms with Gasteiger partial charge in [0.05, 0.1) is 13.7 Å². The Hall–Kier alpha value is -0.670. The number of rotatable bonds is 9. The van der Waals surface area contributed by atoms with Gasteiger partial charge >= 0.3 is 0 Å². The van der Waals surface area contributed by atoms with E-state index in [0.717, 1.165) is 48.6 Å². The molecule has 1 heterocycles. The fourth-order valence-corrected chi connectivity index (χ4v) is 3.73. The van der Waals surface area contributed by atoms with Crippen LogP contribution in [0.2, 0.25) is 0 Å². The molecule has 1 fully saturated rings. The lowest BCUT2D eigenvalue weighted by molar-refractivity contribution is 0.119. The topological polar surface area (TPSA) is 54.9 Å². The van der Waals surface area contributed by atoms with E-state index in [2.05, 4.69) is 27.4 Å². The lowest BCUT2D eigenvalue weighted by Crippen LogP contribution is -2.40. The first-order valence-corrected chi connectivity index (χ1v) is 9.63. The Kier molecular flexibility index (Phi) is 12.1. The van der Waals surface area contributed by atoms with Crippen LogP contribution in [0.15, 0.2) is 29.3 Å². The summed E-state index contributed by atoms with van der Waals surface area (Å²) in [6.07, 6.45) is 3.61. The first-order chi connectivity index (χ1) is 11.8. The Labute approximate surface area is 172 Å². The Morgan fingerprint density at radius 3 is 2.72 bits per heavy atom. The Morgan fingerprint density at radius 2 is 2.08 bits per heavy atom. The second-order valence-electron chi connectivity index (χ2n) is 5.77. The van der Waals surface area contributed by atoms with E-state index >= 15 is 0 Å². The minimum absolute atomic E-state index is 0. The molecule has 2 rings (SSSR count). The second kappa shape index (κ2) is 13.5. The van der Waals surface area contributed by atoms with E-state index in [1.54, 1.807) is 7.11 Å². The zero-order valence-electron chi connectivity index (χ0n) is 15.1. The van der Waals surface area contributed by atoms with Gasteiger partial charge in [0.1, 0.15) is 5.75 Å². The molecule has 0 bridgehead atoms. The molecule has 0 aromatic heterocycles. The SMILES string of the molecule is CN=C(NCCCOCc1ccc(OC)cc1)NCC1CCCS1.I. The summed E-state index contributed by atoms with van der Waals surface area (Å²) in [6.45, 7) is 3.22. The fourth-order valence-electron chi connectivity index (χ4n) is 2.53. The van der Waals surface area contributed by atoms with Crippen molar-refractivity contribution in [2.24, 2.45) is 4.99 Å². The van der Waals surface area contributed by atoms with Gasteiger partial charge in [0, 0.05) is 32.0 Å². The molecule has 0 saturated carbocycles. The van der Waals surface area contributed by atoms with Crippen molar-refractivity contribution in [2.75, 3.05) is 39.6 Å². The molecule has 1 aromatic rings. The Morgan fingerprint density at radius 1 is 1.28 bits per heavy atom. The quantitative estimate of drug-likeness (QED) is 0.247. The molecule has 7 heteroatoms. The smallest absolute Gasteiger partial charge is 0.191 e. The summed E-state index contributed by atoms with van der Waals surface area (Å²) in [5.41, 5.74) is 1.16. The number of benzene rings is 1. The maximum atomic E-state index is 5.71. The maximum absolute atomic E-state index is 5.71. The Balaban J connectivity index is 0.00000312. The highest BCUT2D eigenvalue weighted by Crippen LogP contribution is 2.25. The first-order valence-electron chi connectivity index (χ1n) is 8.58. The van der Waals surface area contributed by atoms with Crippen LogP contribution in [-0.2, 0) is 11.3 Å². The van der Waals surface area contributed by atoms with E-state index in [9.17, 15) is 0 Å². The third kappa shape index (κ3) is 9.01. The summed E-state index contributed by atoms with van der Waals surface area (Å²) < 4.78 is 10.9. The average Bonchev–Trinajstić information content (AvgIpc) is 3.14. The summed E-state index contributed by atoms with van der Waals surface area (Å²) >= 11 is 2.06. The third-order valence-electron chi connectivity index (χ3n) is 3.93. The van der Waals surface area contributed by atoms with E-state index in [4.69, 9.17) is 9.47 Å². The van der Waals surface area contributed by atoms with Crippen LogP contribution in [0, 0.1) is 0 Å². The number of halogens is 1. The molecule has 142 valence electrons. The molecule has 0 spiro atoms. The highest BCUT2D eigenvalue weighted by Gasteiger charge is 2.15. The van der Waals surface area contributed by atoms with E-state index in [1.807, 2.05) is 31.3 Å². The highest BCUT2D eigenvalue weighted by atomic mass is 127. The number of hydrogen-bond acceptors (Lipinski definition) is 4. The predicted octanol–water partition coefficient (Wildman–Crippen LogP) is 3.28. The number of nitrogens with zero attached hydrogens (tertiary/aromatic N) is 1. The largest absolute Gasteiger partial charge is 0.497 e. The lowest BCUT2D eigenvalue weighted by Gasteiger charge is -2.14. The summed E-state index contributed by atoms with van der Waals surface area (Å²) in [4.78, 5) is 4.26. The van der Waals surface area contributed by atoms with Gasteiger partial charge in [0.15, 0.2) is 5.96 Å². The molecule has 1 aliphatic rings. The molecule has 5 nitrogen and oxygen atoms in total. The van der Waals surface area contributed by atoms with Gasteiger partial charge < -0.3 is 20.1 Å². The Bertz CT molecular complexity index is 494. The summed E-state index contributed by atoms with van der Waals surface area (Å²) in [5, 5.41) is 7.48. The fraction of sp³-hybridized carbons (Fsp3) is 0.611. The van der Waals surface area contributed by atoms with Gasteiger partial charge in [-0.05, 0) is 42.7 Å². The van der Waals surface area contributed by atoms with Crippen LogP contribution in [0.3, 0.4) is 0 Å². The number of nitrogens with one attached hydrogen (secondary N) is 2. The van der Waals surface area contributed by atoms with Gasteiger partial charge in [-0.3, -0.25) is 4.99 Å². The number of guanidine groups is 1. The van der Waals surface area contributed by atoms with E-state index in [1.165, 1.54) is 18.6 Å². The minimum Gasteiger partial charge on any atom is -0.497 e. The number of aliphatic imine (C=N–C) groups is 1. The monoisotopic (exact) mass is 479 g/mol. The lowest BCUT2D eigenvalue weighted by atomic mass is 10.2. The van der Waals surface area contributed by atoms with Gasteiger partial charge in [-0.25, -0.2) is 0 Å². The van der Waals surface area contributed by atoms with Crippen LogP contribution < -0.4 is 15.4 Å². The predicted molar refractivity (Wildman–Crippen MR) is 118 cm³/mol. The number of methoxy groups -OCH3 is 1. The summed E-state index contributed by atoms with van der Waals surface area (Å²) in [6, 6.07) is 7.98. The third-order valence-corrected chi connectivity index (χ3v) is 5.33. The molecule has 0 aliphatic carbocycles. The van der Waals surface area contributed by atoms with E-state index in [-0.39, 0.29) is 24.0 Å². The molecule has 1 saturated heterocycles. The van der Waals surface area contributed by atoms with Crippen LogP contribution in [0.1, 0.15) is 24.8 Å². The van der Waals surface area contributed by atoms with Gasteiger partial charge in [-0.1, -0.05) is 12.1 Å². The van der Waals surface area contributed by atoms with E-state index in [0.29, 0.717) is 6.61 Å². The standard InChI is InChI=1S/C18H29N3O2S.HI/c1-19-18(21-13-17-5-3-12-24-17)20-10-4-11-23-14-15-6-8-16(22-2)9-7-15;/h6-9,17H,3-5,10-14H2,1-2H3,(H2,19,20,21);1H. The molecule has 0 radical (unpaired) electrons. The second-order valence-corrected chi connectivity index (χ2v) is 7.18. The summed E-state index contributed by atoms with van der Waals surface area (Å²) in [7, 11) is 3.49. The van der Waals surface area contributed by atoms with Crippen molar-refractivity contribution >= 4 is 41.7 Å². The number of ether oxygens (including phenoxy) is 2. The van der Waals surface area contributed by atoms with Gasteiger partial charge in [0.2, 0.25) is 0 Å². The molecule has 1 atom stereocenters. The molecular weight excluding hydrogens is 449 g/mol. The zero-order chi connectivity index (χ0) is 17.0. The zero-order valence-corrected chi connectivity index (χ0v) is 18.3. The van der Waals surface area contributed by atoms with Crippen molar-refractivity contribution < 1.29 is 9.47 Å². The van der Waals surface area contributed by atoms with Crippen LogP contribution >= 0.6 is 35.7 Å². The first kappa shape index (κ1) is 22.4. The van der Waals surface area contributed by atoms with E-state index < -0.39 is 0 Å². The molecule has 0 amide bonds. The number of thioether (sulfide) groups is 1. The van der Waals surface area contributed by atoms with Crippen molar-refractivity contribution in [3.63, 3.8) is 0 Å². The van der Waals surface area contributed by atoms with Crippen molar-refractivity contribution in [3.8, 4) is 5.75 Å². The molecule has 1 aromatic carbocycles. The average molecular weight is 479 g/mol. The molecular formula is C18H30IN3O2S. The van der Waals surface area contributed by atoms with Crippen molar-refractivity contribution in [3.05, 3.63) is 29.8 Å². The number of hydrogen-bond donors (Lipinski definition) is 2. The molecule has 2 N–H and O–H groups in total. The van der Waals surface area contributed by atoms with Gasteiger partial charge in [-0.15, -0.1) is 24.0 Å². The van der Waals surface area contributed by atoms with Crippen LogP contribution in [0.4, 0.5) is 0 Å². The van der Waals surface area contributed by atoms with Gasteiger partial charge in [-0.2, -0.15) is 11.8 Å². The minimum atomic E-state index is 0. The highest BCUT2D eigenvalue weighted by molar-refractivity contribution is 14.0. The summed E-state index contributed by atoms with van der Waals surface area (Å²) in [5.74, 6) is 3.06. The van der Waals surface area contributed by atoms with Crippen molar-refractivity contribution in [2.45, 2.75) is 31.1 Å².